The van der Waals surface area contributed by atoms with Crippen molar-refractivity contribution in [1.82, 2.24) is 0 Å². The van der Waals surface area contributed by atoms with Gasteiger partial charge in [0.25, 0.3) is 5.91 Å². The lowest BCUT2D eigenvalue weighted by atomic mass is 10.1. The summed E-state index contributed by atoms with van der Waals surface area (Å²) < 4.78 is 5.92. The number of hydrogen-bond acceptors (Lipinski definition) is 3. The molecule has 3 rings (SSSR count). The summed E-state index contributed by atoms with van der Waals surface area (Å²) in [5, 5.41) is 4.98. The van der Waals surface area contributed by atoms with Crippen LogP contribution >= 0.6 is 11.3 Å². The molecule has 0 unspecified atom stereocenters. The van der Waals surface area contributed by atoms with Crippen molar-refractivity contribution in [2.75, 3.05) is 5.32 Å². The standard InChI is InChI=1S/C22H23NO2S/c1-14-8-9-16(3)20(10-14)25-12-18-11-21(26-13-18)22(24)23-19-7-5-6-15(2)17(19)4/h5-11,13H,12H2,1-4H3,(H,23,24). The second kappa shape index (κ2) is 7.75. The Labute approximate surface area is 158 Å². The Morgan fingerprint density at radius 2 is 1.85 bits per heavy atom. The van der Waals surface area contributed by atoms with Gasteiger partial charge in [-0.1, -0.05) is 24.3 Å². The monoisotopic (exact) mass is 365 g/mol. The smallest absolute Gasteiger partial charge is 0.265 e. The molecule has 1 aromatic heterocycles. The molecule has 1 N–H and O–H groups in total. The van der Waals surface area contributed by atoms with Crippen molar-refractivity contribution in [3.63, 3.8) is 0 Å². The summed E-state index contributed by atoms with van der Waals surface area (Å²) in [7, 11) is 0. The van der Waals surface area contributed by atoms with Gasteiger partial charge in [0.1, 0.15) is 12.4 Å². The lowest BCUT2D eigenvalue weighted by molar-refractivity contribution is 0.103. The molecule has 0 aliphatic rings. The fourth-order valence-corrected chi connectivity index (χ4v) is 3.46. The molecule has 0 aliphatic heterocycles. The number of thiophene rings is 1. The molecule has 3 aromatic rings. The van der Waals surface area contributed by atoms with Crippen LogP contribution in [0, 0.1) is 27.7 Å². The molecular weight excluding hydrogens is 342 g/mol. The van der Waals surface area contributed by atoms with Gasteiger partial charge in [-0.3, -0.25) is 4.79 Å². The second-order valence-corrected chi connectivity index (χ2v) is 7.49. The fourth-order valence-electron chi connectivity index (χ4n) is 2.66. The maximum absolute atomic E-state index is 12.5. The fraction of sp³-hybridized carbons (Fsp3) is 0.227. The van der Waals surface area contributed by atoms with Gasteiger partial charge in [0.05, 0.1) is 4.88 Å². The third kappa shape index (κ3) is 4.14. The molecule has 0 saturated heterocycles. The van der Waals surface area contributed by atoms with Crippen molar-refractivity contribution in [2.45, 2.75) is 34.3 Å². The molecule has 1 heterocycles. The quantitative estimate of drug-likeness (QED) is 0.619. The number of rotatable bonds is 5. The third-order valence-corrected chi connectivity index (χ3v) is 5.45. The first kappa shape index (κ1) is 18.2. The van der Waals surface area contributed by atoms with Crippen LogP contribution in [0.1, 0.15) is 37.5 Å². The summed E-state index contributed by atoms with van der Waals surface area (Å²) in [5.41, 5.74) is 6.40. The number of carbonyl (C=O) groups excluding carboxylic acids is 1. The zero-order valence-electron chi connectivity index (χ0n) is 15.6. The van der Waals surface area contributed by atoms with Crippen LogP contribution in [0.15, 0.2) is 47.8 Å². The van der Waals surface area contributed by atoms with E-state index in [4.69, 9.17) is 4.74 Å². The summed E-state index contributed by atoms with van der Waals surface area (Å²) in [6.07, 6.45) is 0. The van der Waals surface area contributed by atoms with Crippen LogP contribution < -0.4 is 10.1 Å². The van der Waals surface area contributed by atoms with Crippen LogP contribution in [-0.4, -0.2) is 5.91 Å². The number of aryl methyl sites for hydroxylation is 3. The van der Waals surface area contributed by atoms with E-state index in [1.54, 1.807) is 0 Å². The van der Waals surface area contributed by atoms with Crippen LogP contribution in [0.4, 0.5) is 5.69 Å². The van der Waals surface area contributed by atoms with Gasteiger partial charge in [0.2, 0.25) is 0 Å². The lowest BCUT2D eigenvalue weighted by Crippen LogP contribution is -2.11. The van der Waals surface area contributed by atoms with E-state index in [0.29, 0.717) is 11.5 Å². The van der Waals surface area contributed by atoms with Crippen molar-refractivity contribution in [1.29, 1.82) is 0 Å². The normalized spacial score (nSPS) is 10.6. The first-order valence-corrected chi connectivity index (χ1v) is 9.47. The van der Waals surface area contributed by atoms with Crippen molar-refractivity contribution in [2.24, 2.45) is 0 Å². The summed E-state index contributed by atoms with van der Waals surface area (Å²) in [5.74, 6) is 0.805. The Kier molecular flexibility index (Phi) is 5.43. The topological polar surface area (TPSA) is 38.3 Å². The van der Waals surface area contributed by atoms with E-state index >= 15 is 0 Å². The molecule has 1 amide bonds. The molecule has 134 valence electrons. The predicted molar refractivity (Wildman–Crippen MR) is 108 cm³/mol. The average molecular weight is 365 g/mol. The van der Waals surface area contributed by atoms with Crippen LogP contribution in [-0.2, 0) is 6.61 Å². The maximum atomic E-state index is 12.5. The number of hydrogen-bond donors (Lipinski definition) is 1. The van der Waals surface area contributed by atoms with Crippen LogP contribution in [0.3, 0.4) is 0 Å². The average Bonchev–Trinajstić information content (AvgIpc) is 3.09. The Hall–Kier alpha value is -2.59. The number of benzene rings is 2. The van der Waals surface area contributed by atoms with E-state index in [-0.39, 0.29) is 5.91 Å². The molecule has 26 heavy (non-hydrogen) atoms. The third-order valence-electron chi connectivity index (χ3n) is 4.47. The predicted octanol–water partition coefficient (Wildman–Crippen LogP) is 5.81. The SMILES string of the molecule is Cc1ccc(C)c(OCc2csc(C(=O)Nc3cccc(C)c3C)c2)c1. The number of carbonyl (C=O) groups is 1. The van der Waals surface area contributed by atoms with Crippen molar-refractivity contribution < 1.29 is 9.53 Å². The van der Waals surface area contributed by atoms with E-state index < -0.39 is 0 Å². The van der Waals surface area contributed by atoms with Gasteiger partial charge in [0.15, 0.2) is 0 Å². The second-order valence-electron chi connectivity index (χ2n) is 6.58. The van der Waals surface area contributed by atoms with Gasteiger partial charge < -0.3 is 10.1 Å². The molecule has 3 nitrogen and oxygen atoms in total. The van der Waals surface area contributed by atoms with E-state index in [0.717, 1.165) is 33.7 Å². The minimum atomic E-state index is -0.0818. The highest BCUT2D eigenvalue weighted by Crippen LogP contribution is 2.24. The highest BCUT2D eigenvalue weighted by atomic mass is 32.1. The minimum Gasteiger partial charge on any atom is -0.489 e. The number of ether oxygens (including phenoxy) is 1. The summed E-state index contributed by atoms with van der Waals surface area (Å²) in [6.45, 7) is 8.59. The molecule has 2 aromatic carbocycles. The van der Waals surface area contributed by atoms with E-state index in [1.165, 1.54) is 16.9 Å². The van der Waals surface area contributed by atoms with Gasteiger partial charge in [-0.25, -0.2) is 0 Å². The number of anilines is 1. The Bertz CT molecular complexity index is 943. The van der Waals surface area contributed by atoms with E-state index in [9.17, 15) is 4.79 Å². The van der Waals surface area contributed by atoms with Gasteiger partial charge in [-0.2, -0.15) is 0 Å². The summed E-state index contributed by atoms with van der Waals surface area (Å²) >= 11 is 1.44. The van der Waals surface area contributed by atoms with E-state index in [1.807, 2.05) is 63.4 Å². The molecule has 0 radical (unpaired) electrons. The zero-order valence-corrected chi connectivity index (χ0v) is 16.4. The summed E-state index contributed by atoms with van der Waals surface area (Å²) in [4.78, 5) is 13.2. The molecule has 0 bridgehead atoms. The number of amides is 1. The summed E-state index contributed by atoms with van der Waals surface area (Å²) in [6, 6.07) is 14.0. The highest BCUT2D eigenvalue weighted by Gasteiger charge is 2.12. The Morgan fingerprint density at radius 3 is 2.65 bits per heavy atom. The first-order chi connectivity index (χ1) is 12.4. The molecule has 0 aliphatic carbocycles. The van der Waals surface area contributed by atoms with Crippen LogP contribution in [0.25, 0.3) is 0 Å². The van der Waals surface area contributed by atoms with Crippen molar-refractivity contribution in [3.05, 3.63) is 80.5 Å². The number of nitrogens with one attached hydrogen (secondary N) is 1. The lowest BCUT2D eigenvalue weighted by Gasteiger charge is -2.09. The molecule has 0 fully saturated rings. The minimum absolute atomic E-state index is 0.0818. The Morgan fingerprint density at radius 1 is 1.04 bits per heavy atom. The largest absolute Gasteiger partial charge is 0.489 e. The molecular formula is C22H23NO2S. The van der Waals surface area contributed by atoms with E-state index in [2.05, 4.69) is 17.4 Å². The molecule has 0 saturated carbocycles. The maximum Gasteiger partial charge on any atom is 0.265 e. The first-order valence-electron chi connectivity index (χ1n) is 8.59. The highest BCUT2D eigenvalue weighted by molar-refractivity contribution is 7.12. The van der Waals surface area contributed by atoms with Crippen LogP contribution in [0.2, 0.25) is 0 Å². The van der Waals surface area contributed by atoms with Crippen molar-refractivity contribution >= 4 is 22.9 Å². The van der Waals surface area contributed by atoms with Gasteiger partial charge in [-0.05, 0) is 73.5 Å². The van der Waals surface area contributed by atoms with Crippen molar-refractivity contribution in [3.8, 4) is 5.75 Å². The van der Waals surface area contributed by atoms with Gasteiger partial charge in [0, 0.05) is 11.3 Å². The zero-order chi connectivity index (χ0) is 18.7. The van der Waals surface area contributed by atoms with Gasteiger partial charge >= 0.3 is 0 Å². The van der Waals surface area contributed by atoms with Crippen LogP contribution in [0.5, 0.6) is 5.75 Å². The van der Waals surface area contributed by atoms with Gasteiger partial charge in [-0.15, -0.1) is 11.3 Å². The Balaban J connectivity index is 1.66. The molecule has 4 heteroatoms. The molecule has 0 atom stereocenters. The molecule has 0 spiro atoms.